The largest absolute Gasteiger partial charge is 0.506 e. The van der Waals surface area contributed by atoms with Gasteiger partial charge in [-0.1, -0.05) is 12.1 Å². The highest BCUT2D eigenvalue weighted by molar-refractivity contribution is 6.07. The summed E-state index contributed by atoms with van der Waals surface area (Å²) in [6.45, 7) is 0. The van der Waals surface area contributed by atoms with Crippen LogP contribution in [0.5, 0.6) is 17.2 Å². The zero-order chi connectivity index (χ0) is 14.5. The molecule has 0 saturated carbocycles. The number of ether oxygens (including phenoxy) is 2. The molecule has 0 spiro atoms. The van der Waals surface area contributed by atoms with Crippen LogP contribution in [0.2, 0.25) is 0 Å². The summed E-state index contributed by atoms with van der Waals surface area (Å²) < 4.78 is 10.3. The minimum atomic E-state index is -0.369. The fourth-order valence-electron chi connectivity index (χ4n) is 1.76. The van der Waals surface area contributed by atoms with Crippen molar-refractivity contribution in [2.45, 2.75) is 0 Å². The van der Waals surface area contributed by atoms with Crippen molar-refractivity contribution >= 4 is 11.6 Å². The molecule has 0 unspecified atom stereocenters. The fraction of sp³-hybridized carbons (Fsp3) is 0.133. The number of carbonyl (C=O) groups is 1. The van der Waals surface area contributed by atoms with Gasteiger partial charge in [0.25, 0.3) is 5.91 Å². The number of amides is 1. The monoisotopic (exact) mass is 273 g/mol. The molecule has 0 aliphatic rings. The van der Waals surface area contributed by atoms with E-state index in [9.17, 15) is 9.90 Å². The molecule has 5 nitrogen and oxygen atoms in total. The fourth-order valence-corrected chi connectivity index (χ4v) is 1.76. The summed E-state index contributed by atoms with van der Waals surface area (Å²) in [6.07, 6.45) is 0. The van der Waals surface area contributed by atoms with Crippen molar-refractivity contribution in [1.29, 1.82) is 0 Å². The van der Waals surface area contributed by atoms with Crippen LogP contribution in [-0.2, 0) is 0 Å². The third-order valence-electron chi connectivity index (χ3n) is 2.81. The molecular weight excluding hydrogens is 258 g/mol. The highest BCUT2D eigenvalue weighted by Crippen LogP contribution is 2.27. The molecule has 0 atom stereocenters. The van der Waals surface area contributed by atoms with Crippen molar-refractivity contribution in [2.75, 3.05) is 19.5 Å². The van der Waals surface area contributed by atoms with Crippen molar-refractivity contribution < 1.29 is 19.4 Å². The zero-order valence-corrected chi connectivity index (χ0v) is 11.2. The topological polar surface area (TPSA) is 67.8 Å². The molecule has 2 aromatic carbocycles. The average molecular weight is 273 g/mol. The molecule has 2 N–H and O–H groups in total. The Morgan fingerprint density at radius 2 is 1.85 bits per heavy atom. The molecule has 2 aromatic rings. The lowest BCUT2D eigenvalue weighted by Crippen LogP contribution is -2.13. The predicted molar refractivity (Wildman–Crippen MR) is 75.6 cm³/mol. The molecule has 0 fully saturated rings. The number of hydrogen-bond acceptors (Lipinski definition) is 4. The lowest BCUT2D eigenvalue weighted by Gasteiger charge is -2.11. The molecule has 5 heteroatoms. The van der Waals surface area contributed by atoms with Gasteiger partial charge in [0.15, 0.2) is 0 Å². The average Bonchev–Trinajstić information content (AvgIpc) is 2.48. The van der Waals surface area contributed by atoms with Crippen LogP contribution in [-0.4, -0.2) is 25.2 Å². The minimum absolute atomic E-state index is 0.00771. The van der Waals surface area contributed by atoms with Crippen LogP contribution >= 0.6 is 0 Å². The van der Waals surface area contributed by atoms with Gasteiger partial charge in [-0.2, -0.15) is 0 Å². The molecular formula is C15H15NO4. The van der Waals surface area contributed by atoms with Crippen molar-refractivity contribution in [1.82, 2.24) is 0 Å². The zero-order valence-electron chi connectivity index (χ0n) is 11.2. The number of rotatable bonds is 4. The second-order valence-corrected chi connectivity index (χ2v) is 4.04. The van der Waals surface area contributed by atoms with Gasteiger partial charge in [0.1, 0.15) is 17.2 Å². The number of nitrogens with one attached hydrogen (secondary N) is 1. The molecule has 1 amide bonds. The summed E-state index contributed by atoms with van der Waals surface area (Å²) in [5, 5.41) is 12.3. The second kappa shape index (κ2) is 5.97. The van der Waals surface area contributed by atoms with Gasteiger partial charge < -0.3 is 19.9 Å². The van der Waals surface area contributed by atoms with Gasteiger partial charge in [-0.25, -0.2) is 0 Å². The maximum absolute atomic E-state index is 12.2. The molecule has 0 heterocycles. The lowest BCUT2D eigenvalue weighted by molar-refractivity contribution is 0.102. The molecule has 104 valence electrons. The summed E-state index contributed by atoms with van der Waals surface area (Å²) in [5.74, 6) is 0.637. The molecule has 2 rings (SSSR count). The van der Waals surface area contributed by atoms with Crippen LogP contribution in [0.25, 0.3) is 0 Å². The number of methoxy groups -OCH3 is 2. The Morgan fingerprint density at radius 3 is 2.50 bits per heavy atom. The smallest absolute Gasteiger partial charge is 0.259 e. The standard InChI is InChI=1S/C15H15NO4/c1-19-10-7-8-11(14(9-10)20-2)15(18)16-12-5-3-4-6-13(12)17/h3-9,17H,1-2H3,(H,16,18). The normalized spacial score (nSPS) is 9.90. The summed E-state index contributed by atoms with van der Waals surface area (Å²) >= 11 is 0. The van der Waals surface area contributed by atoms with Crippen molar-refractivity contribution in [3.05, 3.63) is 48.0 Å². The number of phenols is 1. The first kappa shape index (κ1) is 13.7. The van der Waals surface area contributed by atoms with Crippen molar-refractivity contribution in [3.63, 3.8) is 0 Å². The molecule has 0 saturated heterocycles. The summed E-state index contributed by atoms with van der Waals surface area (Å²) in [6, 6.07) is 11.4. The Bertz CT molecular complexity index is 625. The highest BCUT2D eigenvalue weighted by Gasteiger charge is 2.14. The van der Waals surface area contributed by atoms with Crippen molar-refractivity contribution in [3.8, 4) is 17.2 Å². The SMILES string of the molecule is COc1ccc(C(=O)Nc2ccccc2O)c(OC)c1. The maximum Gasteiger partial charge on any atom is 0.259 e. The summed E-state index contributed by atoms with van der Waals surface area (Å²) in [5.41, 5.74) is 0.701. The van der Waals surface area contributed by atoms with Gasteiger partial charge in [0, 0.05) is 6.07 Å². The van der Waals surface area contributed by atoms with E-state index in [1.165, 1.54) is 20.3 Å². The van der Waals surface area contributed by atoms with Crippen LogP contribution in [0.15, 0.2) is 42.5 Å². The Balaban J connectivity index is 2.27. The Morgan fingerprint density at radius 1 is 1.10 bits per heavy atom. The Kier molecular flexibility index (Phi) is 4.10. The van der Waals surface area contributed by atoms with Crippen LogP contribution in [0, 0.1) is 0 Å². The van der Waals surface area contributed by atoms with Gasteiger partial charge in [-0.05, 0) is 24.3 Å². The van der Waals surface area contributed by atoms with Gasteiger partial charge in [0.2, 0.25) is 0 Å². The summed E-state index contributed by atoms with van der Waals surface area (Å²) in [4.78, 5) is 12.2. The van der Waals surface area contributed by atoms with Gasteiger partial charge in [0.05, 0.1) is 25.5 Å². The van der Waals surface area contributed by atoms with E-state index < -0.39 is 0 Å². The van der Waals surface area contributed by atoms with E-state index in [1.807, 2.05) is 0 Å². The number of carbonyl (C=O) groups excluding carboxylic acids is 1. The van der Waals surface area contributed by atoms with E-state index in [2.05, 4.69) is 5.32 Å². The second-order valence-electron chi connectivity index (χ2n) is 4.04. The first-order chi connectivity index (χ1) is 9.65. The molecule has 0 radical (unpaired) electrons. The molecule has 0 aliphatic carbocycles. The van der Waals surface area contributed by atoms with Crippen molar-refractivity contribution in [2.24, 2.45) is 0 Å². The number of phenolic OH excluding ortho intramolecular Hbond substituents is 1. The number of benzene rings is 2. The first-order valence-electron chi connectivity index (χ1n) is 5.97. The Hall–Kier alpha value is -2.69. The van der Waals surface area contributed by atoms with Gasteiger partial charge >= 0.3 is 0 Å². The van der Waals surface area contributed by atoms with E-state index >= 15 is 0 Å². The molecule has 20 heavy (non-hydrogen) atoms. The predicted octanol–water partition coefficient (Wildman–Crippen LogP) is 2.66. The van der Waals surface area contributed by atoms with E-state index in [0.29, 0.717) is 22.7 Å². The van der Waals surface area contributed by atoms with E-state index in [1.54, 1.807) is 36.4 Å². The number of para-hydroxylation sites is 2. The first-order valence-corrected chi connectivity index (χ1v) is 5.97. The number of anilines is 1. The quantitative estimate of drug-likeness (QED) is 0.840. The van der Waals surface area contributed by atoms with E-state index in [0.717, 1.165) is 0 Å². The minimum Gasteiger partial charge on any atom is -0.506 e. The lowest BCUT2D eigenvalue weighted by atomic mass is 10.1. The molecule has 0 aliphatic heterocycles. The van der Waals surface area contributed by atoms with Crippen LogP contribution in [0.3, 0.4) is 0 Å². The van der Waals surface area contributed by atoms with Crippen LogP contribution in [0.1, 0.15) is 10.4 Å². The molecule has 0 bridgehead atoms. The van der Waals surface area contributed by atoms with Gasteiger partial charge in [-0.3, -0.25) is 4.79 Å². The molecule has 0 aromatic heterocycles. The van der Waals surface area contributed by atoms with Gasteiger partial charge in [-0.15, -0.1) is 0 Å². The summed E-state index contributed by atoms with van der Waals surface area (Å²) in [7, 11) is 3.02. The maximum atomic E-state index is 12.2. The van der Waals surface area contributed by atoms with Crippen LogP contribution < -0.4 is 14.8 Å². The van der Waals surface area contributed by atoms with E-state index in [-0.39, 0.29) is 11.7 Å². The van der Waals surface area contributed by atoms with Crippen LogP contribution in [0.4, 0.5) is 5.69 Å². The third kappa shape index (κ3) is 2.83. The highest BCUT2D eigenvalue weighted by atomic mass is 16.5. The number of aromatic hydroxyl groups is 1. The number of hydrogen-bond donors (Lipinski definition) is 2. The third-order valence-corrected chi connectivity index (χ3v) is 2.81. The van der Waals surface area contributed by atoms with E-state index in [4.69, 9.17) is 9.47 Å². The Labute approximate surface area is 116 Å².